The summed E-state index contributed by atoms with van der Waals surface area (Å²) < 4.78 is 0. The molecule has 0 radical (unpaired) electrons. The number of hydrogen-bond donors (Lipinski definition) is 1. The number of nitrogens with zero attached hydrogens (tertiary/aromatic N) is 1. The van der Waals surface area contributed by atoms with Crippen LogP contribution in [0.3, 0.4) is 0 Å². The van der Waals surface area contributed by atoms with Gasteiger partial charge in [-0.2, -0.15) is 0 Å². The van der Waals surface area contributed by atoms with Gasteiger partial charge in [-0.3, -0.25) is 0 Å². The van der Waals surface area contributed by atoms with Crippen molar-refractivity contribution in [2.24, 2.45) is 5.92 Å². The zero-order valence-corrected chi connectivity index (χ0v) is 13.2. The number of nitrogens with one attached hydrogen (secondary N) is 1. The average Bonchev–Trinajstić information content (AvgIpc) is 3.12. The number of hydrogen-bond acceptors (Lipinski definition) is 3. The molecule has 1 aromatic heterocycles. The molecule has 1 heterocycles. The summed E-state index contributed by atoms with van der Waals surface area (Å²) in [4.78, 5) is 4.03. The van der Waals surface area contributed by atoms with Gasteiger partial charge < -0.3 is 10.2 Å². The second-order valence-corrected chi connectivity index (χ2v) is 6.50. The first-order chi connectivity index (χ1) is 9.35. The molecule has 0 spiro atoms. The summed E-state index contributed by atoms with van der Waals surface area (Å²) in [5, 5.41) is 6.04. The molecule has 0 aromatic carbocycles. The van der Waals surface area contributed by atoms with E-state index in [0.29, 0.717) is 6.04 Å². The standard InChI is InChI=1S/C16H28N2S/c1-3-18(4-2)12-11-17-16(14-8-5-6-9-14)15-10-7-13-19-15/h7,10,13-14,16-17H,3-6,8-9,11-12H2,1-2H3. The molecule has 3 heteroatoms. The second kappa shape index (κ2) is 8.03. The lowest BCUT2D eigenvalue weighted by atomic mass is 9.97. The van der Waals surface area contributed by atoms with Gasteiger partial charge in [0.1, 0.15) is 0 Å². The molecule has 0 saturated heterocycles. The van der Waals surface area contributed by atoms with Crippen molar-refractivity contribution in [3.8, 4) is 0 Å². The van der Waals surface area contributed by atoms with Crippen molar-refractivity contribution < 1.29 is 0 Å². The maximum Gasteiger partial charge on any atom is 0.0443 e. The van der Waals surface area contributed by atoms with Crippen LogP contribution >= 0.6 is 11.3 Å². The minimum atomic E-state index is 0.595. The molecule has 1 saturated carbocycles. The van der Waals surface area contributed by atoms with Crippen molar-refractivity contribution in [3.63, 3.8) is 0 Å². The summed E-state index contributed by atoms with van der Waals surface area (Å²) in [5.41, 5.74) is 0. The van der Waals surface area contributed by atoms with Crippen molar-refractivity contribution in [2.75, 3.05) is 26.2 Å². The largest absolute Gasteiger partial charge is 0.308 e. The van der Waals surface area contributed by atoms with E-state index >= 15 is 0 Å². The van der Waals surface area contributed by atoms with Gasteiger partial charge in [0.15, 0.2) is 0 Å². The highest BCUT2D eigenvalue weighted by molar-refractivity contribution is 7.10. The molecule has 2 rings (SSSR count). The van der Waals surface area contributed by atoms with E-state index in [1.54, 1.807) is 0 Å². The molecule has 1 unspecified atom stereocenters. The Balaban J connectivity index is 1.87. The van der Waals surface area contributed by atoms with Crippen LogP contribution in [0.1, 0.15) is 50.4 Å². The minimum Gasteiger partial charge on any atom is -0.308 e. The van der Waals surface area contributed by atoms with Crippen LogP contribution in [0.25, 0.3) is 0 Å². The topological polar surface area (TPSA) is 15.3 Å². The first kappa shape index (κ1) is 15.0. The van der Waals surface area contributed by atoms with Gasteiger partial charge in [-0.15, -0.1) is 11.3 Å². The van der Waals surface area contributed by atoms with E-state index in [1.807, 2.05) is 11.3 Å². The quantitative estimate of drug-likeness (QED) is 0.776. The Morgan fingerprint density at radius 2 is 2.05 bits per heavy atom. The molecule has 1 aliphatic carbocycles. The lowest BCUT2D eigenvalue weighted by Gasteiger charge is -2.26. The Kier molecular flexibility index (Phi) is 6.35. The molecule has 108 valence electrons. The monoisotopic (exact) mass is 280 g/mol. The maximum absolute atomic E-state index is 3.83. The third-order valence-corrected chi connectivity index (χ3v) is 5.36. The Morgan fingerprint density at radius 3 is 2.63 bits per heavy atom. The van der Waals surface area contributed by atoms with Crippen LogP contribution in [0, 0.1) is 5.92 Å². The summed E-state index contributed by atoms with van der Waals surface area (Å²) in [6.45, 7) is 9.09. The molecule has 0 amide bonds. The highest BCUT2D eigenvalue weighted by Gasteiger charge is 2.26. The van der Waals surface area contributed by atoms with Crippen molar-refractivity contribution in [3.05, 3.63) is 22.4 Å². The third-order valence-electron chi connectivity index (χ3n) is 4.41. The van der Waals surface area contributed by atoms with Crippen molar-refractivity contribution in [1.82, 2.24) is 10.2 Å². The minimum absolute atomic E-state index is 0.595. The normalized spacial score (nSPS) is 18.3. The van der Waals surface area contributed by atoms with Crippen LogP contribution in [-0.2, 0) is 0 Å². The average molecular weight is 280 g/mol. The van der Waals surface area contributed by atoms with E-state index < -0.39 is 0 Å². The van der Waals surface area contributed by atoms with Gasteiger partial charge in [0, 0.05) is 24.0 Å². The predicted molar refractivity (Wildman–Crippen MR) is 84.8 cm³/mol. The van der Waals surface area contributed by atoms with E-state index in [-0.39, 0.29) is 0 Å². The van der Waals surface area contributed by atoms with Gasteiger partial charge in [0.25, 0.3) is 0 Å². The van der Waals surface area contributed by atoms with Crippen LogP contribution < -0.4 is 5.32 Å². The molecule has 0 aliphatic heterocycles. The van der Waals surface area contributed by atoms with E-state index in [4.69, 9.17) is 0 Å². The summed E-state index contributed by atoms with van der Waals surface area (Å²) in [6, 6.07) is 5.09. The van der Waals surface area contributed by atoms with Crippen LogP contribution in [0.5, 0.6) is 0 Å². The molecule has 1 aliphatic rings. The third kappa shape index (κ3) is 4.30. The molecular formula is C16H28N2S. The number of likely N-dealkylation sites (N-methyl/N-ethyl adjacent to an activating group) is 1. The van der Waals surface area contributed by atoms with Crippen molar-refractivity contribution in [2.45, 2.75) is 45.6 Å². The van der Waals surface area contributed by atoms with Gasteiger partial charge >= 0.3 is 0 Å². The van der Waals surface area contributed by atoms with Crippen LogP contribution in [0.4, 0.5) is 0 Å². The highest BCUT2D eigenvalue weighted by Crippen LogP contribution is 2.37. The van der Waals surface area contributed by atoms with Crippen LogP contribution in [0.15, 0.2) is 17.5 Å². The summed E-state index contributed by atoms with van der Waals surface area (Å²) in [5.74, 6) is 0.857. The fourth-order valence-electron chi connectivity index (χ4n) is 3.18. The summed E-state index contributed by atoms with van der Waals surface area (Å²) >= 11 is 1.91. The van der Waals surface area contributed by atoms with Crippen LogP contribution in [-0.4, -0.2) is 31.1 Å². The van der Waals surface area contributed by atoms with E-state index in [9.17, 15) is 0 Å². The second-order valence-electron chi connectivity index (χ2n) is 5.52. The zero-order valence-electron chi connectivity index (χ0n) is 12.4. The molecule has 0 bridgehead atoms. The molecule has 1 atom stereocenters. The smallest absolute Gasteiger partial charge is 0.0443 e. The lowest BCUT2D eigenvalue weighted by molar-refractivity contribution is 0.283. The van der Waals surface area contributed by atoms with Gasteiger partial charge in [-0.1, -0.05) is 32.8 Å². The first-order valence-electron chi connectivity index (χ1n) is 7.84. The Morgan fingerprint density at radius 1 is 1.32 bits per heavy atom. The predicted octanol–water partition coefficient (Wildman–Crippen LogP) is 3.91. The number of rotatable bonds is 8. The molecule has 2 nitrogen and oxygen atoms in total. The van der Waals surface area contributed by atoms with Crippen molar-refractivity contribution in [1.29, 1.82) is 0 Å². The Hall–Kier alpha value is -0.380. The maximum atomic E-state index is 3.83. The molecule has 19 heavy (non-hydrogen) atoms. The highest BCUT2D eigenvalue weighted by atomic mass is 32.1. The van der Waals surface area contributed by atoms with Crippen molar-refractivity contribution >= 4 is 11.3 Å². The Labute approximate surface area is 122 Å². The fourth-order valence-corrected chi connectivity index (χ4v) is 4.07. The molecule has 1 fully saturated rings. The van der Waals surface area contributed by atoms with Gasteiger partial charge in [-0.25, -0.2) is 0 Å². The van der Waals surface area contributed by atoms with Crippen LogP contribution in [0.2, 0.25) is 0 Å². The fraction of sp³-hybridized carbons (Fsp3) is 0.750. The summed E-state index contributed by atoms with van der Waals surface area (Å²) in [7, 11) is 0. The molecular weight excluding hydrogens is 252 g/mol. The van der Waals surface area contributed by atoms with E-state index in [0.717, 1.165) is 25.6 Å². The van der Waals surface area contributed by atoms with Gasteiger partial charge in [0.2, 0.25) is 0 Å². The lowest BCUT2D eigenvalue weighted by Crippen LogP contribution is -2.35. The zero-order chi connectivity index (χ0) is 13.5. The van der Waals surface area contributed by atoms with Gasteiger partial charge in [0.05, 0.1) is 0 Å². The SMILES string of the molecule is CCN(CC)CCNC(c1cccs1)C1CCCC1. The molecule has 1 N–H and O–H groups in total. The summed E-state index contributed by atoms with van der Waals surface area (Å²) in [6.07, 6.45) is 5.65. The van der Waals surface area contributed by atoms with E-state index in [2.05, 4.69) is 41.6 Å². The van der Waals surface area contributed by atoms with Gasteiger partial charge in [-0.05, 0) is 43.3 Å². The number of thiophene rings is 1. The first-order valence-corrected chi connectivity index (χ1v) is 8.72. The molecule has 1 aromatic rings. The Bertz CT molecular complexity index is 327. The van der Waals surface area contributed by atoms with E-state index in [1.165, 1.54) is 37.1 Å².